The molecule has 3 nitrogen and oxygen atoms in total. The number of ether oxygens (including phenoxy) is 1. The third kappa shape index (κ3) is 1.95. The minimum Gasteiger partial charge on any atom is -0.472 e. The fraction of sp³-hybridized carbons (Fsp3) is 0.750. The fourth-order valence-corrected chi connectivity index (χ4v) is 4.31. The Morgan fingerprint density at radius 3 is 2.68 bits per heavy atom. The van der Waals surface area contributed by atoms with Crippen LogP contribution in [0.1, 0.15) is 50.8 Å². The van der Waals surface area contributed by atoms with Gasteiger partial charge in [0.2, 0.25) is 0 Å². The molecule has 0 saturated heterocycles. The van der Waals surface area contributed by atoms with Gasteiger partial charge in [0.25, 0.3) is 0 Å². The fourth-order valence-electron chi connectivity index (χ4n) is 4.31. The number of hydrogen-bond acceptors (Lipinski definition) is 3. The zero-order chi connectivity index (χ0) is 13.8. The number of aliphatic hydroxyl groups excluding tert-OH is 1. The Balaban J connectivity index is 2.07. The lowest BCUT2D eigenvalue weighted by atomic mass is 9.78. The van der Waals surface area contributed by atoms with E-state index in [2.05, 4.69) is 20.8 Å². The number of furan rings is 1. The van der Waals surface area contributed by atoms with Gasteiger partial charge in [0.1, 0.15) is 0 Å². The van der Waals surface area contributed by atoms with Crippen LogP contribution in [-0.4, -0.2) is 17.8 Å². The molecule has 3 rings (SSSR count). The first-order valence-electron chi connectivity index (χ1n) is 7.14. The van der Waals surface area contributed by atoms with E-state index in [1.165, 1.54) is 0 Å². The van der Waals surface area contributed by atoms with Crippen molar-refractivity contribution in [2.45, 2.75) is 51.7 Å². The van der Waals surface area contributed by atoms with Crippen molar-refractivity contribution in [3.63, 3.8) is 0 Å². The summed E-state index contributed by atoms with van der Waals surface area (Å²) in [5.41, 5.74) is 2.13. The molecular weight excluding hydrogens is 240 g/mol. The van der Waals surface area contributed by atoms with Crippen molar-refractivity contribution in [2.75, 3.05) is 7.11 Å². The topological polar surface area (TPSA) is 42.6 Å². The van der Waals surface area contributed by atoms with Crippen LogP contribution in [0.4, 0.5) is 0 Å². The molecule has 2 aliphatic rings. The Hall–Kier alpha value is -0.800. The Kier molecular flexibility index (Phi) is 2.84. The maximum absolute atomic E-state index is 10.7. The highest BCUT2D eigenvalue weighted by Gasteiger charge is 2.53. The van der Waals surface area contributed by atoms with Crippen LogP contribution in [0.3, 0.4) is 0 Å². The molecule has 1 aromatic heterocycles. The maximum Gasteiger partial charge on any atom is 0.0963 e. The molecule has 0 aromatic carbocycles. The van der Waals surface area contributed by atoms with Crippen molar-refractivity contribution >= 4 is 0 Å². The van der Waals surface area contributed by atoms with Gasteiger partial charge in [-0.2, -0.15) is 0 Å². The van der Waals surface area contributed by atoms with E-state index in [0.717, 1.165) is 30.4 Å². The van der Waals surface area contributed by atoms with Gasteiger partial charge in [-0.1, -0.05) is 13.8 Å². The van der Waals surface area contributed by atoms with Crippen molar-refractivity contribution in [1.29, 1.82) is 0 Å². The molecular formula is C16H24O3. The Labute approximate surface area is 115 Å². The van der Waals surface area contributed by atoms with E-state index in [9.17, 15) is 5.11 Å². The molecule has 0 bridgehead atoms. The standard InChI is InChI=1S/C16H24O3/c1-15(2)6-11-13(7-15)16(3,18-4)5-10-8-19-9-12(10)14(11)17/h8-9,11,13-14,17H,5-7H2,1-4H3/t11-,13+,14+,16+/m1/s1. The summed E-state index contributed by atoms with van der Waals surface area (Å²) in [5, 5.41) is 10.7. The van der Waals surface area contributed by atoms with Crippen LogP contribution < -0.4 is 0 Å². The maximum atomic E-state index is 10.7. The molecule has 0 unspecified atom stereocenters. The highest BCUT2D eigenvalue weighted by molar-refractivity contribution is 5.29. The average molecular weight is 264 g/mol. The summed E-state index contributed by atoms with van der Waals surface area (Å²) in [6, 6.07) is 0. The quantitative estimate of drug-likeness (QED) is 0.846. The minimum absolute atomic E-state index is 0.214. The third-order valence-corrected chi connectivity index (χ3v) is 5.37. The molecule has 2 aliphatic carbocycles. The van der Waals surface area contributed by atoms with Crippen LogP contribution in [0.15, 0.2) is 16.9 Å². The van der Waals surface area contributed by atoms with Gasteiger partial charge < -0.3 is 14.3 Å². The van der Waals surface area contributed by atoms with Crippen molar-refractivity contribution in [2.24, 2.45) is 17.3 Å². The van der Waals surface area contributed by atoms with E-state index in [1.807, 2.05) is 0 Å². The highest BCUT2D eigenvalue weighted by atomic mass is 16.5. The second-order valence-electron chi connectivity index (χ2n) is 7.33. The van der Waals surface area contributed by atoms with Gasteiger partial charge in [0.05, 0.1) is 24.2 Å². The van der Waals surface area contributed by atoms with Crippen LogP contribution >= 0.6 is 0 Å². The molecule has 1 saturated carbocycles. The second kappa shape index (κ2) is 4.10. The molecule has 1 aromatic rings. The molecule has 1 heterocycles. The van der Waals surface area contributed by atoms with Crippen LogP contribution in [0.25, 0.3) is 0 Å². The van der Waals surface area contributed by atoms with Crippen LogP contribution in [0, 0.1) is 17.3 Å². The predicted molar refractivity (Wildman–Crippen MR) is 72.8 cm³/mol. The Bertz CT molecular complexity index is 476. The van der Waals surface area contributed by atoms with Gasteiger partial charge in [-0.3, -0.25) is 0 Å². The van der Waals surface area contributed by atoms with Crippen LogP contribution in [0.5, 0.6) is 0 Å². The SMILES string of the molecule is CO[C@@]1(C)Cc2cocc2[C@@H](O)[C@@H]2CC(C)(C)C[C@@H]21. The van der Waals surface area contributed by atoms with E-state index in [0.29, 0.717) is 5.92 Å². The summed E-state index contributed by atoms with van der Waals surface area (Å²) < 4.78 is 11.2. The minimum atomic E-state index is -0.419. The molecule has 0 aliphatic heterocycles. The molecule has 1 N–H and O–H groups in total. The number of hydrogen-bond donors (Lipinski definition) is 1. The Morgan fingerprint density at radius 1 is 1.26 bits per heavy atom. The van der Waals surface area contributed by atoms with E-state index in [1.54, 1.807) is 19.6 Å². The molecule has 106 valence electrons. The molecule has 0 amide bonds. The highest BCUT2D eigenvalue weighted by Crippen LogP contribution is 2.56. The summed E-state index contributed by atoms with van der Waals surface area (Å²) in [5.74, 6) is 0.661. The number of rotatable bonds is 1. The molecule has 3 heteroatoms. The van der Waals surface area contributed by atoms with Gasteiger partial charge in [0.15, 0.2) is 0 Å². The van der Waals surface area contributed by atoms with Crippen LogP contribution in [0.2, 0.25) is 0 Å². The van der Waals surface area contributed by atoms with E-state index < -0.39 is 6.10 Å². The van der Waals surface area contributed by atoms with E-state index in [4.69, 9.17) is 9.15 Å². The number of methoxy groups -OCH3 is 1. The van der Waals surface area contributed by atoms with E-state index in [-0.39, 0.29) is 16.9 Å². The van der Waals surface area contributed by atoms with Crippen molar-refractivity contribution in [1.82, 2.24) is 0 Å². The first kappa shape index (κ1) is 13.2. The smallest absolute Gasteiger partial charge is 0.0963 e. The largest absolute Gasteiger partial charge is 0.472 e. The van der Waals surface area contributed by atoms with Crippen molar-refractivity contribution in [3.05, 3.63) is 23.7 Å². The van der Waals surface area contributed by atoms with Gasteiger partial charge in [0, 0.05) is 19.1 Å². The van der Waals surface area contributed by atoms with Gasteiger partial charge in [-0.15, -0.1) is 0 Å². The summed E-state index contributed by atoms with van der Waals surface area (Å²) >= 11 is 0. The summed E-state index contributed by atoms with van der Waals surface area (Å²) in [4.78, 5) is 0. The number of fused-ring (bicyclic) bond motifs is 2. The predicted octanol–water partition coefficient (Wildman–Crippen LogP) is 3.33. The lowest BCUT2D eigenvalue weighted by molar-refractivity contribution is -0.0703. The van der Waals surface area contributed by atoms with Crippen molar-refractivity contribution < 1.29 is 14.3 Å². The number of aliphatic hydroxyl groups is 1. The molecule has 4 atom stereocenters. The molecule has 19 heavy (non-hydrogen) atoms. The average Bonchev–Trinajstić information content (AvgIpc) is 2.90. The lowest BCUT2D eigenvalue weighted by Crippen LogP contribution is -2.40. The van der Waals surface area contributed by atoms with Crippen LogP contribution in [-0.2, 0) is 11.2 Å². The lowest BCUT2D eigenvalue weighted by Gasteiger charge is -2.37. The normalized spacial score (nSPS) is 40.6. The monoisotopic (exact) mass is 264 g/mol. The first-order chi connectivity index (χ1) is 8.86. The third-order valence-electron chi connectivity index (χ3n) is 5.37. The summed E-state index contributed by atoms with van der Waals surface area (Å²) in [6.45, 7) is 6.77. The zero-order valence-corrected chi connectivity index (χ0v) is 12.3. The molecule has 0 radical (unpaired) electrons. The second-order valence-corrected chi connectivity index (χ2v) is 7.33. The molecule has 1 fully saturated rings. The van der Waals surface area contributed by atoms with Gasteiger partial charge in [-0.05, 0) is 42.6 Å². The Morgan fingerprint density at radius 2 is 2.00 bits per heavy atom. The summed E-state index contributed by atoms with van der Waals surface area (Å²) in [6.07, 6.45) is 6.04. The molecule has 0 spiro atoms. The van der Waals surface area contributed by atoms with E-state index >= 15 is 0 Å². The first-order valence-corrected chi connectivity index (χ1v) is 7.14. The van der Waals surface area contributed by atoms with Crippen molar-refractivity contribution in [3.8, 4) is 0 Å². The van der Waals surface area contributed by atoms with Gasteiger partial charge in [-0.25, -0.2) is 0 Å². The zero-order valence-electron chi connectivity index (χ0n) is 12.3. The summed E-state index contributed by atoms with van der Waals surface area (Å²) in [7, 11) is 1.79. The van der Waals surface area contributed by atoms with Gasteiger partial charge >= 0.3 is 0 Å².